The molecule has 2 atom stereocenters. The van der Waals surface area contributed by atoms with Crippen molar-refractivity contribution in [2.45, 2.75) is 38.8 Å². The molecule has 6 nitrogen and oxygen atoms in total. The molecule has 2 bridgehead atoms. The summed E-state index contributed by atoms with van der Waals surface area (Å²) < 4.78 is 0. The summed E-state index contributed by atoms with van der Waals surface area (Å²) in [5.74, 6) is 0.652. The zero-order chi connectivity index (χ0) is 18.1. The lowest BCUT2D eigenvalue weighted by Gasteiger charge is -2.36. The number of nitrogen functional groups attached to an aromatic ring is 1. The number of piperidine rings is 1. The summed E-state index contributed by atoms with van der Waals surface area (Å²) in [7, 11) is 0. The molecular weight excluding hydrogens is 346 g/mol. The number of fused-ring (bicyclic) bond motifs is 4. The molecule has 5 heterocycles. The molecule has 0 aromatic carbocycles. The zero-order valence-corrected chi connectivity index (χ0v) is 15.9. The van der Waals surface area contributed by atoms with E-state index in [1.54, 1.807) is 0 Å². The Morgan fingerprint density at radius 1 is 1.35 bits per heavy atom. The van der Waals surface area contributed by atoms with Crippen LogP contribution < -0.4 is 5.73 Å². The van der Waals surface area contributed by atoms with E-state index in [9.17, 15) is 4.79 Å². The van der Waals surface area contributed by atoms with Gasteiger partial charge >= 0.3 is 0 Å². The molecule has 138 valence electrons. The standard InChI is InChI=1S/C19H25N5OS/c1-2-16-17(26-19(20)22-16)18(25)24-11-14-5-6-15(24)12-23(10-14)9-13-4-3-7-21-8-13/h3-4,7-8,14-15H,2,5-6,9-12H2,1H3,(H2,20,22)/t14-,15+/m0/s1. The third kappa shape index (κ3) is 3.46. The summed E-state index contributed by atoms with van der Waals surface area (Å²) in [5, 5.41) is 0.489. The van der Waals surface area contributed by atoms with Crippen molar-refractivity contribution < 1.29 is 4.79 Å². The van der Waals surface area contributed by atoms with Gasteiger partial charge < -0.3 is 10.6 Å². The Bertz CT molecular complexity index is 777. The molecule has 0 saturated carbocycles. The fourth-order valence-corrected chi connectivity index (χ4v) is 5.09. The van der Waals surface area contributed by atoms with Crippen molar-refractivity contribution in [2.24, 2.45) is 5.92 Å². The maximum atomic E-state index is 13.2. The van der Waals surface area contributed by atoms with Gasteiger partial charge in [-0.3, -0.25) is 14.7 Å². The van der Waals surface area contributed by atoms with Crippen molar-refractivity contribution in [2.75, 3.05) is 25.4 Å². The molecule has 2 aromatic heterocycles. The van der Waals surface area contributed by atoms with Crippen LogP contribution in [-0.2, 0) is 13.0 Å². The Kier molecular flexibility index (Phi) is 4.91. The quantitative estimate of drug-likeness (QED) is 0.893. The average Bonchev–Trinajstić information content (AvgIpc) is 2.82. The van der Waals surface area contributed by atoms with Gasteiger partial charge in [-0.05, 0) is 36.8 Å². The predicted molar refractivity (Wildman–Crippen MR) is 103 cm³/mol. The molecule has 5 rings (SSSR count). The van der Waals surface area contributed by atoms with Crippen LogP contribution in [0.2, 0.25) is 0 Å². The predicted octanol–water partition coefficient (Wildman–Crippen LogP) is 2.42. The van der Waals surface area contributed by atoms with E-state index in [0.29, 0.717) is 11.0 Å². The summed E-state index contributed by atoms with van der Waals surface area (Å²) in [6, 6.07) is 4.37. The number of hydrogen-bond donors (Lipinski definition) is 1. The second kappa shape index (κ2) is 7.32. The molecule has 0 unspecified atom stereocenters. The first kappa shape index (κ1) is 17.4. The molecule has 0 aliphatic carbocycles. The Morgan fingerprint density at radius 3 is 3.00 bits per heavy atom. The van der Waals surface area contributed by atoms with Gasteiger partial charge in [-0.25, -0.2) is 4.98 Å². The number of nitrogens with zero attached hydrogens (tertiary/aromatic N) is 4. The molecule has 3 aliphatic rings. The maximum Gasteiger partial charge on any atom is 0.266 e. The van der Waals surface area contributed by atoms with Crippen molar-refractivity contribution in [1.29, 1.82) is 0 Å². The smallest absolute Gasteiger partial charge is 0.266 e. The van der Waals surface area contributed by atoms with E-state index in [1.165, 1.54) is 23.3 Å². The van der Waals surface area contributed by atoms with Crippen LogP contribution in [0.25, 0.3) is 0 Å². The molecule has 3 saturated heterocycles. The van der Waals surface area contributed by atoms with E-state index in [1.807, 2.05) is 25.4 Å². The lowest BCUT2D eigenvalue weighted by Crippen LogP contribution is -2.47. The van der Waals surface area contributed by atoms with Gasteiger partial charge in [-0.2, -0.15) is 0 Å². The second-order valence-corrected chi connectivity index (χ2v) is 8.32. The fourth-order valence-electron chi connectivity index (χ4n) is 4.21. The molecule has 7 heteroatoms. The van der Waals surface area contributed by atoms with Crippen LogP contribution >= 0.6 is 11.3 Å². The van der Waals surface area contributed by atoms with Crippen molar-refractivity contribution in [3.8, 4) is 0 Å². The van der Waals surface area contributed by atoms with Gasteiger partial charge in [0.25, 0.3) is 5.91 Å². The first-order chi connectivity index (χ1) is 12.6. The highest BCUT2D eigenvalue weighted by atomic mass is 32.1. The van der Waals surface area contributed by atoms with Crippen molar-refractivity contribution >= 4 is 22.4 Å². The number of aromatic nitrogens is 2. The largest absolute Gasteiger partial charge is 0.375 e. The SMILES string of the molecule is CCc1nc(N)sc1C(=O)N1C[C@H]2CC[C@@H]1CN(Cc1cccnc1)C2. The van der Waals surface area contributed by atoms with E-state index in [2.05, 4.69) is 25.8 Å². The Hall–Kier alpha value is -1.99. The summed E-state index contributed by atoms with van der Waals surface area (Å²) in [5.41, 5.74) is 7.93. The average molecular weight is 372 g/mol. The van der Waals surface area contributed by atoms with Crippen molar-refractivity contribution in [1.82, 2.24) is 19.8 Å². The summed E-state index contributed by atoms with van der Waals surface area (Å²) in [6.07, 6.45) is 6.76. The summed E-state index contributed by atoms with van der Waals surface area (Å²) in [6.45, 7) is 5.73. The number of amides is 1. The molecule has 3 aliphatic heterocycles. The number of nitrogens with two attached hydrogens (primary N) is 1. The number of hydrogen-bond acceptors (Lipinski definition) is 6. The van der Waals surface area contributed by atoms with Gasteiger partial charge in [0.05, 0.1) is 5.69 Å². The fraction of sp³-hybridized carbons (Fsp3) is 0.526. The maximum absolute atomic E-state index is 13.2. The van der Waals surface area contributed by atoms with E-state index >= 15 is 0 Å². The number of thiazole rings is 1. The van der Waals surface area contributed by atoms with Gasteiger partial charge in [-0.1, -0.05) is 24.3 Å². The van der Waals surface area contributed by atoms with E-state index in [0.717, 1.165) is 49.6 Å². The van der Waals surface area contributed by atoms with Crippen LogP contribution in [0.15, 0.2) is 24.5 Å². The molecule has 0 radical (unpaired) electrons. The minimum Gasteiger partial charge on any atom is -0.375 e. The van der Waals surface area contributed by atoms with Gasteiger partial charge in [-0.15, -0.1) is 0 Å². The lowest BCUT2D eigenvalue weighted by molar-refractivity contribution is 0.0588. The number of anilines is 1. The molecule has 1 amide bonds. The first-order valence-electron chi connectivity index (χ1n) is 9.31. The van der Waals surface area contributed by atoms with Crippen molar-refractivity contribution in [3.05, 3.63) is 40.7 Å². The highest BCUT2D eigenvalue weighted by Crippen LogP contribution is 2.32. The van der Waals surface area contributed by atoms with Crippen LogP contribution in [0, 0.1) is 5.92 Å². The number of pyridine rings is 1. The Labute approximate surface area is 158 Å². The van der Waals surface area contributed by atoms with Crippen LogP contribution in [0.3, 0.4) is 0 Å². The van der Waals surface area contributed by atoms with Crippen LogP contribution in [0.1, 0.15) is 40.7 Å². The minimum absolute atomic E-state index is 0.119. The highest BCUT2D eigenvalue weighted by Gasteiger charge is 2.38. The molecule has 2 N–H and O–H groups in total. The Morgan fingerprint density at radius 2 is 2.23 bits per heavy atom. The topological polar surface area (TPSA) is 75.3 Å². The summed E-state index contributed by atoms with van der Waals surface area (Å²) in [4.78, 5) is 27.1. The van der Waals surface area contributed by atoms with E-state index in [4.69, 9.17) is 5.73 Å². The van der Waals surface area contributed by atoms with Crippen LogP contribution in [0.4, 0.5) is 5.13 Å². The monoisotopic (exact) mass is 371 g/mol. The van der Waals surface area contributed by atoms with E-state index < -0.39 is 0 Å². The van der Waals surface area contributed by atoms with Crippen LogP contribution in [0.5, 0.6) is 0 Å². The normalized spacial score (nSPS) is 23.2. The second-order valence-electron chi connectivity index (χ2n) is 7.29. The molecule has 26 heavy (non-hydrogen) atoms. The molecular formula is C19H25N5OS. The van der Waals surface area contributed by atoms with Gasteiger partial charge in [0.15, 0.2) is 5.13 Å². The number of aryl methyl sites for hydroxylation is 1. The summed E-state index contributed by atoms with van der Waals surface area (Å²) >= 11 is 1.33. The highest BCUT2D eigenvalue weighted by molar-refractivity contribution is 7.17. The van der Waals surface area contributed by atoms with Gasteiger partial charge in [0.2, 0.25) is 0 Å². The number of carbonyl (C=O) groups excluding carboxylic acids is 1. The minimum atomic E-state index is 0.119. The molecule has 0 spiro atoms. The number of rotatable bonds is 4. The molecule has 2 aromatic rings. The Balaban J connectivity index is 1.52. The third-order valence-corrected chi connectivity index (χ3v) is 6.34. The third-order valence-electron chi connectivity index (χ3n) is 5.42. The zero-order valence-electron chi connectivity index (χ0n) is 15.1. The van der Waals surface area contributed by atoms with E-state index in [-0.39, 0.29) is 11.9 Å². The molecule has 3 fully saturated rings. The first-order valence-corrected chi connectivity index (χ1v) is 10.1. The van der Waals surface area contributed by atoms with Crippen LogP contribution in [-0.4, -0.2) is 51.4 Å². The van der Waals surface area contributed by atoms with Gasteiger partial charge in [0.1, 0.15) is 4.88 Å². The lowest BCUT2D eigenvalue weighted by atomic mass is 9.94. The van der Waals surface area contributed by atoms with Gasteiger partial charge in [0, 0.05) is 44.6 Å². The van der Waals surface area contributed by atoms with Crippen molar-refractivity contribution in [3.63, 3.8) is 0 Å². The number of carbonyl (C=O) groups is 1.